The third-order valence-electron chi connectivity index (χ3n) is 2.92. The zero-order valence-electron chi connectivity index (χ0n) is 10.6. The average molecular weight is 244 g/mol. The van der Waals surface area contributed by atoms with Crippen molar-refractivity contribution in [3.8, 4) is 5.75 Å². The molecule has 2 rings (SSSR count). The average Bonchev–Trinajstić information content (AvgIpc) is 2.43. The van der Waals surface area contributed by atoms with Crippen LogP contribution in [0.1, 0.15) is 17.3 Å². The van der Waals surface area contributed by atoms with Gasteiger partial charge < -0.3 is 9.47 Å². The van der Waals surface area contributed by atoms with Gasteiger partial charge in [0.2, 0.25) is 0 Å². The van der Waals surface area contributed by atoms with Crippen molar-refractivity contribution in [3.05, 3.63) is 42.0 Å². The van der Waals surface area contributed by atoms with Crippen molar-refractivity contribution in [1.82, 2.24) is 0 Å². The van der Waals surface area contributed by atoms with Gasteiger partial charge in [0.15, 0.2) is 6.29 Å². The molecule has 2 aromatic carbocycles. The zero-order valence-corrected chi connectivity index (χ0v) is 10.6. The van der Waals surface area contributed by atoms with E-state index in [1.807, 2.05) is 43.3 Å². The van der Waals surface area contributed by atoms with E-state index >= 15 is 0 Å². The monoisotopic (exact) mass is 244 g/mol. The number of fused-ring (bicyclic) bond motifs is 1. The number of methoxy groups -OCH3 is 1. The fourth-order valence-corrected chi connectivity index (χ4v) is 1.80. The van der Waals surface area contributed by atoms with Gasteiger partial charge in [-0.3, -0.25) is 4.79 Å². The SMILES string of the molecule is COC(C)COc1ccc2ccccc2c1C=O. The molecule has 94 valence electrons. The Labute approximate surface area is 106 Å². The molecule has 2 aromatic rings. The predicted molar refractivity (Wildman–Crippen MR) is 71.3 cm³/mol. The van der Waals surface area contributed by atoms with E-state index in [0.717, 1.165) is 17.1 Å². The second-order valence-electron chi connectivity index (χ2n) is 4.17. The van der Waals surface area contributed by atoms with Crippen molar-refractivity contribution >= 4 is 17.1 Å². The normalized spacial score (nSPS) is 12.3. The third-order valence-corrected chi connectivity index (χ3v) is 2.92. The number of carbonyl (C=O) groups excluding carboxylic acids is 1. The lowest BCUT2D eigenvalue weighted by atomic mass is 10.0. The van der Waals surface area contributed by atoms with Crippen molar-refractivity contribution in [2.45, 2.75) is 13.0 Å². The number of hydrogen-bond acceptors (Lipinski definition) is 3. The summed E-state index contributed by atoms with van der Waals surface area (Å²) >= 11 is 0. The van der Waals surface area contributed by atoms with Crippen LogP contribution in [0.2, 0.25) is 0 Å². The quantitative estimate of drug-likeness (QED) is 0.758. The van der Waals surface area contributed by atoms with Gasteiger partial charge in [0.25, 0.3) is 0 Å². The molecule has 0 spiro atoms. The Kier molecular flexibility index (Phi) is 3.95. The molecule has 0 radical (unpaired) electrons. The lowest BCUT2D eigenvalue weighted by molar-refractivity contribution is 0.0712. The fourth-order valence-electron chi connectivity index (χ4n) is 1.80. The Balaban J connectivity index is 2.36. The first kappa shape index (κ1) is 12.6. The number of rotatable bonds is 5. The van der Waals surface area contributed by atoms with Gasteiger partial charge >= 0.3 is 0 Å². The Bertz CT molecular complexity index is 548. The smallest absolute Gasteiger partial charge is 0.154 e. The second-order valence-corrected chi connectivity index (χ2v) is 4.17. The van der Waals surface area contributed by atoms with Gasteiger partial charge in [0.05, 0.1) is 11.7 Å². The predicted octanol–water partition coefficient (Wildman–Crippen LogP) is 3.07. The van der Waals surface area contributed by atoms with Crippen molar-refractivity contribution in [2.75, 3.05) is 13.7 Å². The Hall–Kier alpha value is -1.87. The van der Waals surface area contributed by atoms with E-state index in [1.165, 1.54) is 0 Å². The van der Waals surface area contributed by atoms with E-state index in [0.29, 0.717) is 17.9 Å². The van der Waals surface area contributed by atoms with Crippen LogP contribution in [0, 0.1) is 0 Å². The van der Waals surface area contributed by atoms with Crippen molar-refractivity contribution in [3.63, 3.8) is 0 Å². The molecule has 0 saturated heterocycles. The molecule has 0 aliphatic carbocycles. The molecule has 0 N–H and O–H groups in total. The van der Waals surface area contributed by atoms with Gasteiger partial charge in [-0.25, -0.2) is 0 Å². The number of aldehydes is 1. The molecule has 0 aliphatic rings. The minimum absolute atomic E-state index is 0.00373. The van der Waals surface area contributed by atoms with Crippen LogP contribution in [-0.4, -0.2) is 26.1 Å². The molecule has 0 amide bonds. The first-order valence-corrected chi connectivity index (χ1v) is 5.88. The highest BCUT2D eigenvalue weighted by Gasteiger charge is 2.09. The topological polar surface area (TPSA) is 35.5 Å². The van der Waals surface area contributed by atoms with E-state index in [-0.39, 0.29) is 6.10 Å². The Morgan fingerprint density at radius 2 is 2.00 bits per heavy atom. The van der Waals surface area contributed by atoms with Crippen LogP contribution in [0.25, 0.3) is 10.8 Å². The molecular weight excluding hydrogens is 228 g/mol. The van der Waals surface area contributed by atoms with E-state index < -0.39 is 0 Å². The highest BCUT2D eigenvalue weighted by molar-refractivity contribution is 6.00. The maximum Gasteiger partial charge on any atom is 0.154 e. The minimum Gasteiger partial charge on any atom is -0.490 e. The molecule has 1 unspecified atom stereocenters. The van der Waals surface area contributed by atoms with Gasteiger partial charge in [-0.15, -0.1) is 0 Å². The molecule has 1 atom stereocenters. The van der Waals surface area contributed by atoms with E-state index in [1.54, 1.807) is 7.11 Å². The maximum atomic E-state index is 11.2. The van der Waals surface area contributed by atoms with Crippen LogP contribution < -0.4 is 4.74 Å². The number of carbonyl (C=O) groups is 1. The van der Waals surface area contributed by atoms with Gasteiger partial charge in [-0.2, -0.15) is 0 Å². The summed E-state index contributed by atoms with van der Waals surface area (Å²) in [5.74, 6) is 0.604. The molecule has 0 heterocycles. The van der Waals surface area contributed by atoms with Gasteiger partial charge in [0, 0.05) is 7.11 Å². The first-order valence-electron chi connectivity index (χ1n) is 5.88. The highest BCUT2D eigenvalue weighted by Crippen LogP contribution is 2.26. The molecule has 3 heteroatoms. The van der Waals surface area contributed by atoms with E-state index in [9.17, 15) is 4.79 Å². The standard InChI is InChI=1S/C15H16O3/c1-11(17-2)10-18-15-8-7-12-5-3-4-6-13(12)14(15)9-16/h3-9,11H,10H2,1-2H3. The van der Waals surface area contributed by atoms with Crippen molar-refractivity contribution in [1.29, 1.82) is 0 Å². The van der Waals surface area contributed by atoms with E-state index in [2.05, 4.69) is 0 Å². The first-order chi connectivity index (χ1) is 8.76. The van der Waals surface area contributed by atoms with Crippen LogP contribution in [0.5, 0.6) is 5.75 Å². The lowest BCUT2D eigenvalue weighted by Crippen LogP contribution is -2.16. The largest absolute Gasteiger partial charge is 0.490 e. The summed E-state index contributed by atoms with van der Waals surface area (Å²) in [5.41, 5.74) is 0.594. The van der Waals surface area contributed by atoms with Crippen molar-refractivity contribution in [2.24, 2.45) is 0 Å². The molecule has 0 bridgehead atoms. The minimum atomic E-state index is -0.00373. The molecule has 3 nitrogen and oxygen atoms in total. The molecule has 18 heavy (non-hydrogen) atoms. The van der Waals surface area contributed by atoms with Gasteiger partial charge in [0.1, 0.15) is 12.4 Å². The van der Waals surface area contributed by atoms with Crippen LogP contribution in [0.3, 0.4) is 0 Å². The summed E-state index contributed by atoms with van der Waals surface area (Å²) in [6, 6.07) is 11.5. The molecule has 0 aromatic heterocycles. The Morgan fingerprint density at radius 1 is 1.22 bits per heavy atom. The summed E-state index contributed by atoms with van der Waals surface area (Å²) < 4.78 is 10.8. The van der Waals surface area contributed by atoms with Gasteiger partial charge in [-0.05, 0) is 23.8 Å². The summed E-state index contributed by atoms with van der Waals surface area (Å²) in [6.45, 7) is 2.34. The zero-order chi connectivity index (χ0) is 13.0. The Morgan fingerprint density at radius 3 is 2.72 bits per heavy atom. The third kappa shape index (κ3) is 2.51. The van der Waals surface area contributed by atoms with Crippen LogP contribution >= 0.6 is 0 Å². The highest BCUT2D eigenvalue weighted by atomic mass is 16.5. The number of benzene rings is 2. The summed E-state index contributed by atoms with van der Waals surface area (Å²) in [5, 5.41) is 1.95. The lowest BCUT2D eigenvalue weighted by Gasteiger charge is -2.14. The molecule has 0 saturated carbocycles. The van der Waals surface area contributed by atoms with Crippen LogP contribution in [0.15, 0.2) is 36.4 Å². The van der Waals surface area contributed by atoms with E-state index in [4.69, 9.17) is 9.47 Å². The number of hydrogen-bond donors (Lipinski definition) is 0. The molecular formula is C15H16O3. The fraction of sp³-hybridized carbons (Fsp3) is 0.267. The summed E-state index contributed by atoms with van der Waals surface area (Å²) in [6.07, 6.45) is 0.839. The number of ether oxygens (including phenoxy) is 2. The summed E-state index contributed by atoms with van der Waals surface area (Å²) in [7, 11) is 1.63. The van der Waals surface area contributed by atoms with Crippen molar-refractivity contribution < 1.29 is 14.3 Å². The van der Waals surface area contributed by atoms with Crippen LogP contribution in [-0.2, 0) is 4.74 Å². The van der Waals surface area contributed by atoms with Crippen LogP contribution in [0.4, 0.5) is 0 Å². The maximum absolute atomic E-state index is 11.2. The summed E-state index contributed by atoms with van der Waals surface area (Å²) in [4.78, 5) is 11.2. The molecule has 0 fully saturated rings. The second kappa shape index (κ2) is 5.65. The van der Waals surface area contributed by atoms with Gasteiger partial charge in [-0.1, -0.05) is 30.3 Å². The molecule has 0 aliphatic heterocycles.